The van der Waals surface area contributed by atoms with Gasteiger partial charge in [0.2, 0.25) is 5.88 Å². The maximum Gasteiger partial charge on any atom is 0.221 e. The molecule has 6 heteroatoms. The van der Waals surface area contributed by atoms with E-state index in [4.69, 9.17) is 9.72 Å². The van der Waals surface area contributed by atoms with Crippen LogP contribution in [0.2, 0.25) is 0 Å². The van der Waals surface area contributed by atoms with Gasteiger partial charge in [-0.15, -0.1) is 0 Å². The highest BCUT2D eigenvalue weighted by Crippen LogP contribution is 2.42. The van der Waals surface area contributed by atoms with Crippen molar-refractivity contribution in [1.29, 1.82) is 0 Å². The van der Waals surface area contributed by atoms with Crippen molar-refractivity contribution in [3.05, 3.63) is 133 Å². The number of aromatic nitrogens is 3. The average molecular weight is 602 g/mol. The molecule has 0 aliphatic carbocycles. The monoisotopic (exact) mass is 601 g/mol. The first kappa shape index (κ1) is 27.9. The summed E-state index contributed by atoms with van der Waals surface area (Å²) in [6.45, 7) is 7.46. The third-order valence-corrected chi connectivity index (χ3v) is 8.88. The number of pyridine rings is 2. The summed E-state index contributed by atoms with van der Waals surface area (Å²) in [7, 11) is 2.11. The van der Waals surface area contributed by atoms with Gasteiger partial charge in [-0.25, -0.2) is 9.97 Å². The summed E-state index contributed by atoms with van der Waals surface area (Å²) in [6.07, 6.45) is 3.73. The van der Waals surface area contributed by atoms with Crippen molar-refractivity contribution >= 4 is 38.9 Å². The Hall–Kier alpha value is -5.62. The third-order valence-electron chi connectivity index (χ3n) is 8.88. The molecule has 8 rings (SSSR count). The van der Waals surface area contributed by atoms with E-state index in [1.54, 1.807) is 0 Å². The summed E-state index contributed by atoms with van der Waals surface area (Å²) in [5.74, 6) is 2.14. The minimum Gasteiger partial charge on any atom is -0.439 e. The van der Waals surface area contributed by atoms with E-state index in [1.165, 1.54) is 33.5 Å². The van der Waals surface area contributed by atoms with E-state index in [0.29, 0.717) is 11.6 Å². The summed E-state index contributed by atoms with van der Waals surface area (Å²) in [5, 5.41) is 2.33. The molecule has 4 aromatic carbocycles. The van der Waals surface area contributed by atoms with Crippen LogP contribution in [0.25, 0.3) is 38.8 Å². The molecule has 0 bridgehead atoms. The highest BCUT2D eigenvalue weighted by molar-refractivity contribution is 6.15. The van der Waals surface area contributed by atoms with Gasteiger partial charge in [-0.05, 0) is 70.6 Å². The first-order valence-corrected chi connectivity index (χ1v) is 15.7. The standard InChI is InChI=1S/C40H35N5O/c1-40(2,3)28-19-21-41-37(23-28)45-35-16-10-13-31(27-11-6-5-7-12-27)39(35)32-18-17-30(25-36(32)45)46-38-24-29(20-22-42-38)44-26-43(4)33-14-8-9-15-34(33)44/h5-25H,26H2,1-4H3. The van der Waals surface area contributed by atoms with Gasteiger partial charge in [0, 0.05) is 48.0 Å². The molecule has 1 aliphatic rings. The van der Waals surface area contributed by atoms with Crippen molar-refractivity contribution in [3.8, 4) is 28.6 Å². The highest BCUT2D eigenvalue weighted by atomic mass is 16.5. The molecule has 0 amide bonds. The highest BCUT2D eigenvalue weighted by Gasteiger charge is 2.25. The molecular weight excluding hydrogens is 566 g/mol. The van der Waals surface area contributed by atoms with E-state index in [1.807, 2.05) is 30.6 Å². The largest absolute Gasteiger partial charge is 0.439 e. The molecule has 0 saturated carbocycles. The zero-order valence-corrected chi connectivity index (χ0v) is 26.5. The zero-order valence-electron chi connectivity index (χ0n) is 26.5. The molecule has 0 saturated heterocycles. The van der Waals surface area contributed by atoms with Crippen LogP contribution in [0.4, 0.5) is 17.1 Å². The van der Waals surface area contributed by atoms with Gasteiger partial charge in [0.05, 0.1) is 29.1 Å². The number of hydrogen-bond donors (Lipinski definition) is 0. The van der Waals surface area contributed by atoms with Gasteiger partial charge < -0.3 is 14.5 Å². The number of anilines is 3. The lowest BCUT2D eigenvalue weighted by molar-refractivity contribution is 0.463. The zero-order chi connectivity index (χ0) is 31.4. The van der Waals surface area contributed by atoms with Crippen molar-refractivity contribution < 1.29 is 4.74 Å². The molecular formula is C40H35N5O. The van der Waals surface area contributed by atoms with Crippen LogP contribution < -0.4 is 14.5 Å². The van der Waals surface area contributed by atoms with E-state index in [2.05, 4.69) is 144 Å². The van der Waals surface area contributed by atoms with Crippen LogP contribution in [0.15, 0.2) is 128 Å². The first-order valence-electron chi connectivity index (χ1n) is 15.7. The van der Waals surface area contributed by atoms with Gasteiger partial charge in [-0.1, -0.05) is 75.4 Å². The quantitative estimate of drug-likeness (QED) is 0.197. The molecule has 226 valence electrons. The molecule has 1 aliphatic heterocycles. The number of rotatable bonds is 5. The van der Waals surface area contributed by atoms with Crippen LogP contribution in [0.3, 0.4) is 0 Å². The number of nitrogens with zero attached hydrogens (tertiary/aromatic N) is 5. The van der Waals surface area contributed by atoms with Crippen LogP contribution in [0, 0.1) is 0 Å². The topological polar surface area (TPSA) is 46.4 Å². The molecule has 0 N–H and O–H groups in total. The molecule has 7 aromatic rings. The molecule has 0 atom stereocenters. The SMILES string of the molecule is CN1CN(c2ccnc(Oc3ccc4c5c(-c6ccccc6)cccc5n(-c5cc(C(C)(C)C)ccn5)c4c3)c2)c2ccccc21. The molecule has 0 spiro atoms. The lowest BCUT2D eigenvalue weighted by atomic mass is 9.88. The summed E-state index contributed by atoms with van der Waals surface area (Å²) in [5.41, 5.74) is 9.13. The Morgan fingerprint density at radius 2 is 1.48 bits per heavy atom. The van der Waals surface area contributed by atoms with Gasteiger partial charge in [-0.3, -0.25) is 4.57 Å². The lowest BCUT2D eigenvalue weighted by Crippen LogP contribution is -2.23. The molecule has 0 radical (unpaired) electrons. The van der Waals surface area contributed by atoms with E-state index >= 15 is 0 Å². The Kier molecular flexibility index (Phi) is 6.53. The summed E-state index contributed by atoms with van der Waals surface area (Å²) >= 11 is 0. The Morgan fingerprint density at radius 3 is 2.30 bits per heavy atom. The van der Waals surface area contributed by atoms with Gasteiger partial charge in [0.15, 0.2) is 0 Å². The van der Waals surface area contributed by atoms with Crippen molar-refractivity contribution in [2.75, 3.05) is 23.5 Å². The Bertz CT molecular complexity index is 2230. The Labute approximate surface area is 269 Å². The summed E-state index contributed by atoms with van der Waals surface area (Å²) in [4.78, 5) is 14.0. The van der Waals surface area contributed by atoms with Crippen molar-refractivity contribution in [2.24, 2.45) is 0 Å². The van der Waals surface area contributed by atoms with Crippen LogP contribution >= 0.6 is 0 Å². The Balaban J connectivity index is 1.26. The van der Waals surface area contributed by atoms with Crippen LogP contribution in [-0.4, -0.2) is 28.3 Å². The van der Waals surface area contributed by atoms with E-state index < -0.39 is 0 Å². The van der Waals surface area contributed by atoms with Crippen LogP contribution in [0.5, 0.6) is 11.6 Å². The normalized spacial score (nSPS) is 13.0. The molecule has 0 unspecified atom stereocenters. The minimum atomic E-state index is -0.0126. The van der Waals surface area contributed by atoms with Gasteiger partial charge in [0.25, 0.3) is 0 Å². The lowest BCUT2D eigenvalue weighted by Gasteiger charge is -2.20. The number of hydrogen-bond acceptors (Lipinski definition) is 5. The maximum absolute atomic E-state index is 6.50. The second-order valence-electron chi connectivity index (χ2n) is 12.9. The third kappa shape index (κ3) is 4.74. The van der Waals surface area contributed by atoms with Crippen molar-refractivity contribution in [2.45, 2.75) is 26.2 Å². The molecule has 4 heterocycles. The average Bonchev–Trinajstić information content (AvgIpc) is 3.59. The van der Waals surface area contributed by atoms with Gasteiger partial charge >= 0.3 is 0 Å². The molecule has 0 fully saturated rings. The number of benzene rings is 4. The van der Waals surface area contributed by atoms with Crippen LogP contribution in [0.1, 0.15) is 26.3 Å². The minimum absolute atomic E-state index is 0.0126. The van der Waals surface area contributed by atoms with Crippen molar-refractivity contribution in [1.82, 2.24) is 14.5 Å². The number of fused-ring (bicyclic) bond motifs is 4. The maximum atomic E-state index is 6.50. The smallest absolute Gasteiger partial charge is 0.221 e. The van der Waals surface area contributed by atoms with Crippen molar-refractivity contribution in [3.63, 3.8) is 0 Å². The predicted octanol–water partition coefficient (Wildman–Crippen LogP) is 9.88. The number of ether oxygens (including phenoxy) is 1. The fourth-order valence-electron chi connectivity index (χ4n) is 6.57. The molecule has 6 nitrogen and oxygen atoms in total. The fraction of sp³-hybridized carbons (Fsp3) is 0.150. The predicted molar refractivity (Wildman–Crippen MR) is 189 cm³/mol. The van der Waals surface area contributed by atoms with Gasteiger partial charge in [-0.2, -0.15) is 0 Å². The molecule has 46 heavy (non-hydrogen) atoms. The van der Waals surface area contributed by atoms with E-state index in [-0.39, 0.29) is 5.41 Å². The van der Waals surface area contributed by atoms with Gasteiger partial charge in [0.1, 0.15) is 11.6 Å². The first-order chi connectivity index (χ1) is 22.3. The van der Waals surface area contributed by atoms with E-state index in [9.17, 15) is 0 Å². The molecule has 3 aromatic heterocycles. The fourth-order valence-corrected chi connectivity index (χ4v) is 6.57. The second kappa shape index (κ2) is 10.8. The summed E-state index contributed by atoms with van der Waals surface area (Å²) in [6, 6.07) is 40.2. The van der Waals surface area contributed by atoms with E-state index in [0.717, 1.165) is 34.6 Å². The van der Waals surface area contributed by atoms with Crippen LogP contribution in [-0.2, 0) is 5.41 Å². The number of para-hydroxylation sites is 2. The second-order valence-corrected chi connectivity index (χ2v) is 12.9. The summed E-state index contributed by atoms with van der Waals surface area (Å²) < 4.78 is 8.76. The Morgan fingerprint density at radius 1 is 0.696 bits per heavy atom.